The predicted molar refractivity (Wildman–Crippen MR) is 80.2 cm³/mol. The summed E-state index contributed by atoms with van der Waals surface area (Å²) in [6, 6.07) is 3.64. The minimum atomic E-state index is -0.783. The van der Waals surface area contributed by atoms with Crippen LogP contribution in [-0.4, -0.2) is 41.0 Å². The molecule has 0 saturated carbocycles. The van der Waals surface area contributed by atoms with Crippen LogP contribution in [0.1, 0.15) is 12.8 Å². The highest BCUT2D eigenvalue weighted by Crippen LogP contribution is 2.34. The van der Waals surface area contributed by atoms with Crippen molar-refractivity contribution in [3.8, 4) is 11.5 Å². The van der Waals surface area contributed by atoms with E-state index in [0.717, 1.165) is 15.9 Å². The Morgan fingerprint density at radius 1 is 1.24 bits per heavy atom. The van der Waals surface area contributed by atoms with Crippen molar-refractivity contribution in [3.63, 3.8) is 0 Å². The number of aromatic nitrogens is 2. The molecule has 0 bridgehead atoms. The molecule has 1 heterocycles. The molecule has 0 aliphatic rings. The van der Waals surface area contributed by atoms with E-state index < -0.39 is 5.97 Å². The predicted octanol–water partition coefficient (Wildman–Crippen LogP) is 2.60. The lowest BCUT2D eigenvalue weighted by Crippen LogP contribution is -1.96. The van der Waals surface area contributed by atoms with Crippen LogP contribution in [0.15, 0.2) is 23.5 Å². The molecule has 2 aromatic rings. The van der Waals surface area contributed by atoms with Gasteiger partial charge in [-0.15, -0.1) is 11.8 Å². The summed E-state index contributed by atoms with van der Waals surface area (Å²) < 4.78 is 10.5. The molecule has 0 atom stereocenters. The lowest BCUT2D eigenvalue weighted by Gasteiger charge is -2.10. The van der Waals surface area contributed by atoms with E-state index >= 15 is 0 Å². The van der Waals surface area contributed by atoms with Gasteiger partial charge in [0.25, 0.3) is 0 Å². The maximum atomic E-state index is 10.5. The maximum Gasteiger partial charge on any atom is 0.303 e. The smallest absolute Gasteiger partial charge is 0.303 e. The van der Waals surface area contributed by atoms with Gasteiger partial charge in [-0.25, -0.2) is 9.97 Å². The van der Waals surface area contributed by atoms with Gasteiger partial charge in [0.1, 0.15) is 11.4 Å². The molecule has 7 heteroatoms. The van der Waals surface area contributed by atoms with Crippen molar-refractivity contribution in [1.29, 1.82) is 0 Å². The van der Waals surface area contributed by atoms with Crippen LogP contribution in [0.3, 0.4) is 0 Å². The first-order valence-corrected chi connectivity index (χ1v) is 7.35. The van der Waals surface area contributed by atoms with Crippen molar-refractivity contribution < 1.29 is 19.4 Å². The Hall–Kier alpha value is -2.02. The number of rotatable bonds is 7. The fourth-order valence-electron chi connectivity index (χ4n) is 1.87. The molecule has 0 unspecified atom stereocenters. The number of hydrogen-bond acceptors (Lipinski definition) is 6. The topological polar surface area (TPSA) is 81.5 Å². The Balaban J connectivity index is 2.25. The molecule has 0 fully saturated rings. The van der Waals surface area contributed by atoms with Gasteiger partial charge in [-0.2, -0.15) is 0 Å². The van der Waals surface area contributed by atoms with Crippen molar-refractivity contribution in [1.82, 2.24) is 9.97 Å². The van der Waals surface area contributed by atoms with Crippen LogP contribution in [0.25, 0.3) is 10.9 Å². The Morgan fingerprint density at radius 2 is 1.95 bits per heavy atom. The number of carboxylic acids is 1. The van der Waals surface area contributed by atoms with Crippen LogP contribution in [0.5, 0.6) is 11.5 Å². The third-order valence-electron chi connectivity index (χ3n) is 2.88. The average molecular weight is 308 g/mol. The molecule has 0 radical (unpaired) electrons. The van der Waals surface area contributed by atoms with E-state index in [4.69, 9.17) is 14.6 Å². The summed E-state index contributed by atoms with van der Waals surface area (Å²) >= 11 is 1.51. The minimum Gasteiger partial charge on any atom is -0.493 e. The fourth-order valence-corrected chi connectivity index (χ4v) is 2.79. The van der Waals surface area contributed by atoms with Gasteiger partial charge >= 0.3 is 5.97 Å². The number of benzene rings is 1. The normalized spacial score (nSPS) is 10.6. The second-order valence-corrected chi connectivity index (χ2v) is 5.33. The summed E-state index contributed by atoms with van der Waals surface area (Å²) in [5.41, 5.74) is 0.767. The van der Waals surface area contributed by atoms with Crippen LogP contribution in [-0.2, 0) is 4.79 Å². The number of aliphatic carboxylic acids is 1. The molecule has 0 saturated heterocycles. The zero-order chi connectivity index (χ0) is 15.2. The number of fused-ring (bicyclic) bond motifs is 1. The third-order valence-corrected chi connectivity index (χ3v) is 3.97. The number of ether oxygens (including phenoxy) is 2. The van der Waals surface area contributed by atoms with Gasteiger partial charge in [0.05, 0.1) is 19.7 Å². The first kappa shape index (κ1) is 15.4. The molecule has 1 aromatic heterocycles. The Labute approximate surface area is 126 Å². The monoisotopic (exact) mass is 308 g/mol. The summed E-state index contributed by atoms with van der Waals surface area (Å²) in [7, 11) is 3.15. The lowest BCUT2D eigenvalue weighted by atomic mass is 10.2. The number of carboxylic acid groups (broad SMARTS) is 1. The Morgan fingerprint density at radius 3 is 2.62 bits per heavy atom. The van der Waals surface area contributed by atoms with Crippen molar-refractivity contribution >= 4 is 28.6 Å². The van der Waals surface area contributed by atoms with Crippen LogP contribution in [0.4, 0.5) is 0 Å². The SMILES string of the molecule is COc1cc2ncnc(SCCCC(=O)O)c2cc1OC. The van der Waals surface area contributed by atoms with Crippen molar-refractivity contribution in [3.05, 3.63) is 18.5 Å². The van der Waals surface area contributed by atoms with Crippen LogP contribution in [0.2, 0.25) is 0 Å². The van der Waals surface area contributed by atoms with Gasteiger partial charge in [0, 0.05) is 23.6 Å². The van der Waals surface area contributed by atoms with Crippen LogP contribution >= 0.6 is 11.8 Å². The van der Waals surface area contributed by atoms with Gasteiger partial charge in [0.15, 0.2) is 11.5 Å². The minimum absolute atomic E-state index is 0.160. The zero-order valence-electron chi connectivity index (χ0n) is 11.8. The molecule has 2 rings (SSSR count). The van der Waals surface area contributed by atoms with E-state index in [1.165, 1.54) is 18.1 Å². The van der Waals surface area contributed by atoms with E-state index in [0.29, 0.717) is 23.7 Å². The molecule has 0 aliphatic heterocycles. The van der Waals surface area contributed by atoms with Crippen LogP contribution < -0.4 is 9.47 Å². The highest BCUT2D eigenvalue weighted by molar-refractivity contribution is 7.99. The van der Waals surface area contributed by atoms with Crippen molar-refractivity contribution in [2.24, 2.45) is 0 Å². The number of hydrogen-bond donors (Lipinski definition) is 1. The molecule has 112 valence electrons. The molecule has 1 aromatic carbocycles. The van der Waals surface area contributed by atoms with Gasteiger partial charge in [0.2, 0.25) is 0 Å². The molecule has 0 spiro atoms. The van der Waals surface area contributed by atoms with Crippen LogP contribution in [0, 0.1) is 0 Å². The number of nitrogens with zero attached hydrogens (tertiary/aromatic N) is 2. The first-order valence-electron chi connectivity index (χ1n) is 6.37. The fraction of sp³-hybridized carbons (Fsp3) is 0.357. The molecule has 21 heavy (non-hydrogen) atoms. The molecule has 6 nitrogen and oxygen atoms in total. The summed E-state index contributed by atoms with van der Waals surface area (Å²) in [4.78, 5) is 19.0. The molecule has 1 N–H and O–H groups in total. The van der Waals surface area contributed by atoms with Crippen molar-refractivity contribution in [2.45, 2.75) is 17.9 Å². The summed E-state index contributed by atoms with van der Waals surface area (Å²) in [5, 5.41) is 10.3. The second kappa shape index (κ2) is 7.12. The number of methoxy groups -OCH3 is 2. The van der Waals surface area contributed by atoms with E-state index in [1.54, 1.807) is 20.3 Å². The average Bonchev–Trinajstić information content (AvgIpc) is 2.49. The first-order chi connectivity index (χ1) is 10.2. The van der Waals surface area contributed by atoms with E-state index in [9.17, 15) is 4.79 Å². The van der Waals surface area contributed by atoms with E-state index in [-0.39, 0.29) is 6.42 Å². The quantitative estimate of drug-likeness (QED) is 0.478. The summed E-state index contributed by atoms with van der Waals surface area (Å²) in [5.74, 6) is 1.14. The molecular weight excluding hydrogens is 292 g/mol. The third kappa shape index (κ3) is 3.75. The lowest BCUT2D eigenvalue weighted by molar-refractivity contribution is -0.137. The summed E-state index contributed by atoms with van der Waals surface area (Å²) in [6.45, 7) is 0. The van der Waals surface area contributed by atoms with Gasteiger partial charge in [-0.1, -0.05) is 0 Å². The Kier molecular flexibility index (Phi) is 5.21. The van der Waals surface area contributed by atoms with Crippen molar-refractivity contribution in [2.75, 3.05) is 20.0 Å². The number of carbonyl (C=O) groups is 1. The van der Waals surface area contributed by atoms with Gasteiger partial charge in [-0.3, -0.25) is 4.79 Å². The molecular formula is C14H16N2O4S. The summed E-state index contributed by atoms with van der Waals surface area (Å²) in [6.07, 6.45) is 2.25. The Bertz CT molecular complexity index is 648. The highest BCUT2D eigenvalue weighted by atomic mass is 32.2. The molecule has 0 amide bonds. The largest absolute Gasteiger partial charge is 0.493 e. The highest BCUT2D eigenvalue weighted by Gasteiger charge is 2.11. The standard InChI is InChI=1S/C14H16N2O4S/c1-19-11-6-9-10(7-12(11)20-2)15-8-16-14(9)21-5-3-4-13(17)18/h6-8H,3-5H2,1-2H3,(H,17,18). The number of thioether (sulfide) groups is 1. The second-order valence-electron chi connectivity index (χ2n) is 4.25. The van der Waals surface area contributed by atoms with E-state index in [2.05, 4.69) is 9.97 Å². The molecule has 0 aliphatic carbocycles. The van der Waals surface area contributed by atoms with E-state index in [1.807, 2.05) is 6.07 Å². The zero-order valence-corrected chi connectivity index (χ0v) is 12.6. The van der Waals surface area contributed by atoms with Gasteiger partial charge in [-0.05, 0) is 12.5 Å². The van der Waals surface area contributed by atoms with Gasteiger partial charge < -0.3 is 14.6 Å². The maximum absolute atomic E-state index is 10.5.